The summed E-state index contributed by atoms with van der Waals surface area (Å²) in [5.74, 6) is 0.625. The van der Waals surface area contributed by atoms with Crippen LogP contribution >= 0.6 is 11.3 Å². The summed E-state index contributed by atoms with van der Waals surface area (Å²) in [7, 11) is 1.63. The molecule has 1 aliphatic rings. The van der Waals surface area contributed by atoms with Gasteiger partial charge in [-0.2, -0.15) is 0 Å². The van der Waals surface area contributed by atoms with Crippen LogP contribution in [0.1, 0.15) is 34.5 Å². The fraction of sp³-hybridized carbons (Fsp3) is 0.304. The van der Waals surface area contributed by atoms with Crippen LogP contribution in [0.2, 0.25) is 0 Å². The summed E-state index contributed by atoms with van der Waals surface area (Å²) in [5.41, 5.74) is 3.64. The van der Waals surface area contributed by atoms with Crippen LogP contribution in [0.5, 0.6) is 5.75 Å². The third-order valence-electron chi connectivity index (χ3n) is 5.12. The number of amides is 1. The number of ether oxygens (including phenoxy) is 1. The SMILES string of the molecule is COc1ccc(NC(=O)c2sc(N3CCCCC3)nc2-c2ccc(C)cc2)cc1. The van der Waals surface area contributed by atoms with E-state index >= 15 is 0 Å². The zero-order valence-corrected chi connectivity index (χ0v) is 17.6. The average molecular weight is 408 g/mol. The molecule has 0 radical (unpaired) electrons. The second-order valence-electron chi connectivity index (χ2n) is 7.27. The Morgan fingerprint density at radius 2 is 1.72 bits per heavy atom. The molecule has 1 aliphatic heterocycles. The lowest BCUT2D eigenvalue weighted by Crippen LogP contribution is -2.29. The number of hydrogen-bond acceptors (Lipinski definition) is 5. The van der Waals surface area contributed by atoms with Crippen molar-refractivity contribution in [1.29, 1.82) is 0 Å². The lowest BCUT2D eigenvalue weighted by atomic mass is 10.1. The molecule has 2 aromatic carbocycles. The van der Waals surface area contributed by atoms with Gasteiger partial charge in [-0.25, -0.2) is 4.98 Å². The van der Waals surface area contributed by atoms with Gasteiger partial charge in [0, 0.05) is 24.3 Å². The number of carbonyl (C=O) groups excluding carboxylic acids is 1. The minimum absolute atomic E-state index is 0.133. The Morgan fingerprint density at radius 1 is 1.03 bits per heavy atom. The molecule has 29 heavy (non-hydrogen) atoms. The molecule has 0 unspecified atom stereocenters. The van der Waals surface area contributed by atoms with E-state index in [0.29, 0.717) is 4.88 Å². The first-order valence-electron chi connectivity index (χ1n) is 9.92. The van der Waals surface area contributed by atoms with Gasteiger partial charge in [-0.3, -0.25) is 4.79 Å². The number of aryl methyl sites for hydroxylation is 1. The zero-order chi connectivity index (χ0) is 20.2. The van der Waals surface area contributed by atoms with Gasteiger partial charge in [0.15, 0.2) is 5.13 Å². The van der Waals surface area contributed by atoms with Crippen molar-refractivity contribution in [2.24, 2.45) is 0 Å². The molecule has 5 nitrogen and oxygen atoms in total. The van der Waals surface area contributed by atoms with Crippen molar-refractivity contribution in [3.05, 3.63) is 59.0 Å². The van der Waals surface area contributed by atoms with Crippen LogP contribution < -0.4 is 15.0 Å². The Balaban J connectivity index is 1.66. The van der Waals surface area contributed by atoms with Crippen molar-refractivity contribution in [3.63, 3.8) is 0 Å². The summed E-state index contributed by atoms with van der Waals surface area (Å²) in [4.78, 5) is 21.0. The molecule has 0 saturated carbocycles. The number of piperidine rings is 1. The van der Waals surface area contributed by atoms with Gasteiger partial charge in [0.1, 0.15) is 10.6 Å². The van der Waals surface area contributed by atoms with Gasteiger partial charge in [-0.15, -0.1) is 0 Å². The molecule has 150 valence electrons. The molecule has 0 aliphatic carbocycles. The van der Waals surface area contributed by atoms with E-state index in [0.717, 1.165) is 40.9 Å². The molecular weight excluding hydrogens is 382 g/mol. The van der Waals surface area contributed by atoms with E-state index in [1.54, 1.807) is 7.11 Å². The number of benzene rings is 2. The Kier molecular flexibility index (Phi) is 5.81. The molecule has 1 amide bonds. The van der Waals surface area contributed by atoms with Gasteiger partial charge in [0.2, 0.25) is 0 Å². The highest BCUT2D eigenvalue weighted by Gasteiger charge is 2.23. The van der Waals surface area contributed by atoms with Crippen LogP contribution in [-0.4, -0.2) is 31.1 Å². The molecule has 2 heterocycles. The number of aromatic nitrogens is 1. The molecule has 0 spiro atoms. The monoisotopic (exact) mass is 407 g/mol. The van der Waals surface area contributed by atoms with E-state index in [-0.39, 0.29) is 5.91 Å². The molecule has 3 aromatic rings. The number of hydrogen-bond donors (Lipinski definition) is 1. The smallest absolute Gasteiger partial charge is 0.268 e. The summed E-state index contributed by atoms with van der Waals surface area (Å²) in [6, 6.07) is 15.5. The normalized spacial score (nSPS) is 13.9. The van der Waals surface area contributed by atoms with Crippen LogP contribution in [0.4, 0.5) is 10.8 Å². The van der Waals surface area contributed by atoms with Gasteiger partial charge in [0.25, 0.3) is 5.91 Å². The predicted octanol–water partition coefficient (Wildman–Crippen LogP) is 5.37. The molecule has 0 bridgehead atoms. The zero-order valence-electron chi connectivity index (χ0n) is 16.8. The predicted molar refractivity (Wildman–Crippen MR) is 119 cm³/mol. The van der Waals surface area contributed by atoms with Crippen molar-refractivity contribution in [2.75, 3.05) is 30.4 Å². The van der Waals surface area contributed by atoms with Crippen LogP contribution in [0.15, 0.2) is 48.5 Å². The van der Waals surface area contributed by atoms with Gasteiger partial charge >= 0.3 is 0 Å². The number of carbonyl (C=O) groups is 1. The van der Waals surface area contributed by atoms with E-state index in [1.165, 1.54) is 36.2 Å². The molecule has 1 aromatic heterocycles. The maximum Gasteiger partial charge on any atom is 0.268 e. The molecule has 1 saturated heterocycles. The second kappa shape index (κ2) is 8.66. The third kappa shape index (κ3) is 4.43. The fourth-order valence-electron chi connectivity index (χ4n) is 3.45. The summed E-state index contributed by atoms with van der Waals surface area (Å²) in [6.45, 7) is 4.06. The maximum absolute atomic E-state index is 13.1. The topological polar surface area (TPSA) is 54.5 Å². The number of thiazole rings is 1. The molecular formula is C23H25N3O2S. The van der Waals surface area contributed by atoms with Crippen molar-refractivity contribution in [2.45, 2.75) is 26.2 Å². The highest BCUT2D eigenvalue weighted by molar-refractivity contribution is 7.18. The molecule has 1 fully saturated rings. The summed E-state index contributed by atoms with van der Waals surface area (Å²) >= 11 is 1.48. The van der Waals surface area contributed by atoms with E-state index in [2.05, 4.69) is 29.3 Å². The standard InChI is InChI=1S/C23H25N3O2S/c1-16-6-8-17(9-7-16)20-21(29-23(25-20)26-14-4-3-5-15-26)22(27)24-18-10-12-19(28-2)13-11-18/h6-13H,3-5,14-15H2,1-2H3,(H,24,27). The summed E-state index contributed by atoms with van der Waals surface area (Å²) in [6.07, 6.45) is 3.61. The van der Waals surface area contributed by atoms with Gasteiger partial charge in [-0.1, -0.05) is 41.2 Å². The van der Waals surface area contributed by atoms with E-state index in [9.17, 15) is 4.79 Å². The van der Waals surface area contributed by atoms with Crippen LogP contribution in [0.25, 0.3) is 11.3 Å². The summed E-state index contributed by atoms with van der Waals surface area (Å²) in [5, 5.41) is 3.94. The van der Waals surface area contributed by atoms with Crippen LogP contribution in [-0.2, 0) is 0 Å². The quantitative estimate of drug-likeness (QED) is 0.618. The molecule has 0 atom stereocenters. The number of nitrogens with zero attached hydrogens (tertiary/aromatic N) is 2. The highest BCUT2D eigenvalue weighted by atomic mass is 32.1. The largest absolute Gasteiger partial charge is 0.497 e. The van der Waals surface area contributed by atoms with Crippen molar-refractivity contribution in [1.82, 2.24) is 4.98 Å². The number of rotatable bonds is 5. The first-order chi connectivity index (χ1) is 14.1. The van der Waals surface area contributed by atoms with E-state index < -0.39 is 0 Å². The Hall–Kier alpha value is -2.86. The van der Waals surface area contributed by atoms with Crippen LogP contribution in [0, 0.1) is 6.92 Å². The van der Waals surface area contributed by atoms with Gasteiger partial charge < -0.3 is 15.0 Å². The first-order valence-corrected chi connectivity index (χ1v) is 10.7. The lowest BCUT2D eigenvalue weighted by Gasteiger charge is -2.25. The minimum Gasteiger partial charge on any atom is -0.497 e. The molecule has 1 N–H and O–H groups in total. The Morgan fingerprint density at radius 3 is 2.38 bits per heavy atom. The van der Waals surface area contributed by atoms with Crippen molar-refractivity contribution >= 4 is 28.1 Å². The lowest BCUT2D eigenvalue weighted by molar-refractivity contribution is 0.103. The first kappa shape index (κ1) is 19.5. The summed E-state index contributed by atoms with van der Waals surface area (Å²) < 4.78 is 5.19. The van der Waals surface area contributed by atoms with Gasteiger partial charge in [0.05, 0.1) is 12.8 Å². The minimum atomic E-state index is -0.133. The Labute approximate surface area is 175 Å². The molecule has 4 rings (SSSR count). The Bertz CT molecular complexity index is 974. The number of methoxy groups -OCH3 is 1. The molecule has 6 heteroatoms. The fourth-order valence-corrected chi connectivity index (χ4v) is 4.49. The van der Waals surface area contributed by atoms with Gasteiger partial charge in [-0.05, 0) is 50.5 Å². The van der Waals surface area contributed by atoms with E-state index in [4.69, 9.17) is 9.72 Å². The number of nitrogens with one attached hydrogen (secondary N) is 1. The van der Waals surface area contributed by atoms with Crippen LogP contribution in [0.3, 0.4) is 0 Å². The average Bonchev–Trinajstić information content (AvgIpc) is 3.21. The third-order valence-corrected chi connectivity index (χ3v) is 6.24. The van der Waals surface area contributed by atoms with Crippen molar-refractivity contribution in [3.8, 4) is 17.0 Å². The maximum atomic E-state index is 13.1. The van der Waals surface area contributed by atoms with E-state index in [1.807, 2.05) is 36.4 Å². The second-order valence-corrected chi connectivity index (χ2v) is 8.25. The highest BCUT2D eigenvalue weighted by Crippen LogP contribution is 2.35. The number of anilines is 2. The van der Waals surface area contributed by atoms with Crippen molar-refractivity contribution < 1.29 is 9.53 Å².